The molecule has 0 unspecified atom stereocenters. The molecule has 0 heterocycles. The van der Waals surface area contributed by atoms with Gasteiger partial charge in [-0.15, -0.1) is 0 Å². The van der Waals surface area contributed by atoms with Gasteiger partial charge in [0.2, 0.25) is 0 Å². The molecule has 0 amide bonds. The van der Waals surface area contributed by atoms with Gasteiger partial charge < -0.3 is 0 Å². The van der Waals surface area contributed by atoms with E-state index >= 15 is 0 Å². The van der Waals surface area contributed by atoms with Gasteiger partial charge in [0, 0.05) is 4.47 Å². The first-order valence-electron chi connectivity index (χ1n) is 2.72. The Hall–Kier alpha value is -0.0800. The highest BCUT2D eigenvalue weighted by atomic mass is 79.9. The predicted molar refractivity (Wildman–Crippen MR) is 43.8 cm³/mol. The SMILES string of the molecule is Cc1cc(Br)c(Cl)cc1F. The van der Waals surface area contributed by atoms with Crippen molar-refractivity contribution in [3.05, 3.63) is 33.0 Å². The lowest BCUT2D eigenvalue weighted by atomic mass is 10.2. The minimum atomic E-state index is -0.270. The van der Waals surface area contributed by atoms with Crippen LogP contribution in [0.1, 0.15) is 5.56 Å². The molecule has 0 saturated carbocycles. The molecule has 1 aromatic carbocycles. The molecule has 54 valence electrons. The molecule has 10 heavy (non-hydrogen) atoms. The van der Waals surface area contributed by atoms with Crippen molar-refractivity contribution in [2.75, 3.05) is 0 Å². The van der Waals surface area contributed by atoms with Crippen molar-refractivity contribution in [1.82, 2.24) is 0 Å². The third-order valence-electron chi connectivity index (χ3n) is 1.20. The number of aryl methyl sites for hydroxylation is 1. The summed E-state index contributed by atoms with van der Waals surface area (Å²) in [5.41, 5.74) is 0.594. The third-order valence-corrected chi connectivity index (χ3v) is 2.40. The Balaban J connectivity index is 3.28. The molecule has 0 fully saturated rings. The maximum Gasteiger partial charge on any atom is 0.127 e. The topological polar surface area (TPSA) is 0 Å². The Morgan fingerprint density at radius 2 is 2.10 bits per heavy atom. The lowest BCUT2D eigenvalue weighted by Gasteiger charge is -1.98. The van der Waals surface area contributed by atoms with Crippen LogP contribution < -0.4 is 0 Å². The van der Waals surface area contributed by atoms with Gasteiger partial charge in [0.1, 0.15) is 5.82 Å². The molecule has 0 bridgehead atoms. The fourth-order valence-corrected chi connectivity index (χ4v) is 1.23. The van der Waals surface area contributed by atoms with Crippen molar-refractivity contribution in [1.29, 1.82) is 0 Å². The van der Waals surface area contributed by atoms with E-state index in [0.29, 0.717) is 10.6 Å². The summed E-state index contributed by atoms with van der Waals surface area (Å²) in [7, 11) is 0. The van der Waals surface area contributed by atoms with Gasteiger partial charge in [-0.3, -0.25) is 0 Å². The zero-order valence-corrected chi connectivity index (χ0v) is 7.63. The van der Waals surface area contributed by atoms with Gasteiger partial charge in [-0.05, 0) is 40.5 Å². The molecule has 1 rings (SSSR count). The van der Waals surface area contributed by atoms with Crippen LogP contribution in [-0.4, -0.2) is 0 Å². The molecule has 0 N–H and O–H groups in total. The number of rotatable bonds is 0. The summed E-state index contributed by atoms with van der Waals surface area (Å²) in [4.78, 5) is 0. The molecule has 3 heteroatoms. The van der Waals surface area contributed by atoms with Crippen molar-refractivity contribution in [2.24, 2.45) is 0 Å². The van der Waals surface area contributed by atoms with Gasteiger partial charge in [0.05, 0.1) is 5.02 Å². The first-order valence-corrected chi connectivity index (χ1v) is 3.89. The van der Waals surface area contributed by atoms with Gasteiger partial charge in [-0.25, -0.2) is 4.39 Å². The molecule has 0 aromatic heterocycles. The first kappa shape index (κ1) is 8.02. The van der Waals surface area contributed by atoms with Gasteiger partial charge >= 0.3 is 0 Å². The Bertz CT molecular complexity index is 210. The van der Waals surface area contributed by atoms with Gasteiger partial charge in [0.15, 0.2) is 0 Å². The monoisotopic (exact) mass is 222 g/mol. The summed E-state index contributed by atoms with van der Waals surface area (Å²) < 4.78 is 13.4. The van der Waals surface area contributed by atoms with E-state index in [1.54, 1.807) is 13.0 Å². The summed E-state index contributed by atoms with van der Waals surface area (Å²) in [6, 6.07) is 2.94. The largest absolute Gasteiger partial charge is 0.207 e. The van der Waals surface area contributed by atoms with Crippen LogP contribution in [0.2, 0.25) is 5.02 Å². The first-order chi connectivity index (χ1) is 4.61. The van der Waals surface area contributed by atoms with Gasteiger partial charge in [-0.1, -0.05) is 11.6 Å². The van der Waals surface area contributed by atoms with Crippen LogP contribution in [0.25, 0.3) is 0 Å². The highest BCUT2D eigenvalue weighted by Gasteiger charge is 2.01. The van der Waals surface area contributed by atoms with Crippen LogP contribution in [0.3, 0.4) is 0 Å². The number of hydrogen-bond acceptors (Lipinski definition) is 0. The summed E-state index contributed by atoms with van der Waals surface area (Å²) in [5, 5.41) is 0.406. The molecule has 0 saturated heterocycles. The Labute approximate surface area is 72.1 Å². The minimum Gasteiger partial charge on any atom is -0.207 e. The molecule has 0 nitrogen and oxygen atoms in total. The van der Waals surface area contributed by atoms with E-state index in [2.05, 4.69) is 15.9 Å². The van der Waals surface area contributed by atoms with Crippen LogP contribution in [-0.2, 0) is 0 Å². The molecule has 0 spiro atoms. The standard InChI is InChI=1S/C7H5BrClF/c1-4-2-5(8)6(9)3-7(4)10/h2-3H,1H3. The maximum atomic E-state index is 12.7. The van der Waals surface area contributed by atoms with Gasteiger partial charge in [-0.2, -0.15) is 0 Å². The summed E-state index contributed by atoms with van der Waals surface area (Å²) in [6.45, 7) is 1.69. The lowest BCUT2D eigenvalue weighted by Crippen LogP contribution is -1.81. The fourth-order valence-electron chi connectivity index (χ4n) is 0.622. The van der Waals surface area contributed by atoms with Gasteiger partial charge in [0.25, 0.3) is 0 Å². The molecule has 0 aliphatic carbocycles. The zero-order valence-electron chi connectivity index (χ0n) is 5.29. The average molecular weight is 223 g/mol. The second kappa shape index (κ2) is 2.89. The van der Waals surface area contributed by atoms with E-state index in [9.17, 15) is 4.39 Å². The van der Waals surface area contributed by atoms with E-state index in [1.165, 1.54) is 6.07 Å². The second-order valence-corrected chi connectivity index (χ2v) is 3.28. The average Bonchev–Trinajstić information content (AvgIpc) is 1.84. The number of hydrogen-bond donors (Lipinski definition) is 0. The molecular weight excluding hydrogens is 218 g/mol. The van der Waals surface area contributed by atoms with Crippen LogP contribution in [0.5, 0.6) is 0 Å². The van der Waals surface area contributed by atoms with E-state index in [-0.39, 0.29) is 5.82 Å². The smallest absolute Gasteiger partial charge is 0.127 e. The van der Waals surface area contributed by atoms with Crippen molar-refractivity contribution >= 4 is 27.5 Å². The molecule has 0 aliphatic rings. The minimum absolute atomic E-state index is 0.270. The van der Waals surface area contributed by atoms with Crippen LogP contribution in [0.4, 0.5) is 4.39 Å². The zero-order chi connectivity index (χ0) is 7.72. The quantitative estimate of drug-likeness (QED) is 0.590. The number of benzene rings is 1. The van der Waals surface area contributed by atoms with Crippen molar-refractivity contribution in [3.63, 3.8) is 0 Å². The summed E-state index contributed by atoms with van der Waals surface area (Å²) >= 11 is 8.78. The highest BCUT2D eigenvalue weighted by molar-refractivity contribution is 9.10. The maximum absolute atomic E-state index is 12.7. The van der Waals surface area contributed by atoms with Crippen molar-refractivity contribution in [2.45, 2.75) is 6.92 Å². The van der Waals surface area contributed by atoms with E-state index in [4.69, 9.17) is 11.6 Å². The van der Waals surface area contributed by atoms with Crippen LogP contribution in [0, 0.1) is 12.7 Å². The lowest BCUT2D eigenvalue weighted by molar-refractivity contribution is 0.618. The Morgan fingerprint density at radius 1 is 1.50 bits per heavy atom. The molecule has 1 aromatic rings. The molecular formula is C7H5BrClF. The Kier molecular flexibility index (Phi) is 2.32. The second-order valence-electron chi connectivity index (χ2n) is 2.02. The molecule has 0 radical (unpaired) electrons. The predicted octanol–water partition coefficient (Wildman–Crippen LogP) is 3.55. The molecule has 0 atom stereocenters. The van der Waals surface area contributed by atoms with Crippen molar-refractivity contribution in [3.8, 4) is 0 Å². The van der Waals surface area contributed by atoms with Crippen molar-refractivity contribution < 1.29 is 4.39 Å². The normalized spacial score (nSPS) is 10.0. The van der Waals surface area contributed by atoms with E-state index < -0.39 is 0 Å². The highest BCUT2D eigenvalue weighted by Crippen LogP contribution is 2.24. The number of halogens is 3. The van der Waals surface area contributed by atoms with Crippen LogP contribution >= 0.6 is 27.5 Å². The summed E-state index contributed by atoms with van der Waals surface area (Å²) in [6.07, 6.45) is 0. The van der Waals surface area contributed by atoms with Crippen LogP contribution in [0.15, 0.2) is 16.6 Å². The molecule has 0 aliphatic heterocycles. The summed E-state index contributed by atoms with van der Waals surface area (Å²) in [5.74, 6) is -0.270. The fraction of sp³-hybridized carbons (Fsp3) is 0.143. The van der Waals surface area contributed by atoms with E-state index in [0.717, 1.165) is 4.47 Å². The van der Waals surface area contributed by atoms with E-state index in [1.807, 2.05) is 0 Å². The third kappa shape index (κ3) is 1.50. The Morgan fingerprint density at radius 3 is 2.60 bits per heavy atom.